The first-order valence-corrected chi connectivity index (χ1v) is 9.39. The molecule has 1 heterocycles. The highest BCUT2D eigenvalue weighted by molar-refractivity contribution is 7.73. The van der Waals surface area contributed by atoms with Crippen molar-refractivity contribution >= 4 is 34.6 Å². The van der Waals surface area contributed by atoms with E-state index in [1.54, 1.807) is 0 Å². The monoisotopic (exact) mass is 340 g/mol. The van der Waals surface area contributed by atoms with Gasteiger partial charge in [0.2, 0.25) is 11.0 Å². The zero-order chi connectivity index (χ0) is 15.9. The number of carbonyl (C=O) groups excluding carboxylic acids is 1. The van der Waals surface area contributed by atoms with Crippen molar-refractivity contribution in [2.45, 2.75) is 77.7 Å². The zero-order valence-electron chi connectivity index (χ0n) is 13.5. The van der Waals surface area contributed by atoms with Crippen LogP contribution in [0.25, 0.3) is 0 Å². The quantitative estimate of drug-likeness (QED) is 0.713. The lowest BCUT2D eigenvalue weighted by molar-refractivity contribution is -0.118. The van der Waals surface area contributed by atoms with Crippen LogP contribution in [0.3, 0.4) is 0 Å². The Labute approximate surface area is 140 Å². The lowest BCUT2D eigenvalue weighted by Crippen LogP contribution is -2.36. The van der Waals surface area contributed by atoms with Gasteiger partial charge in [-0.2, -0.15) is 0 Å². The molecule has 7 heteroatoms. The molecule has 0 saturated heterocycles. The summed E-state index contributed by atoms with van der Waals surface area (Å²) in [6.07, 6.45) is 5.22. The smallest absolute Gasteiger partial charge is 0.228 e. The van der Waals surface area contributed by atoms with Crippen LogP contribution in [0.15, 0.2) is 0 Å². The molecule has 0 atom stereocenters. The third kappa shape index (κ3) is 3.41. The number of hydrogen-bond acceptors (Lipinski definition) is 5. The lowest BCUT2D eigenvalue weighted by atomic mass is 10.3. The predicted molar refractivity (Wildman–Crippen MR) is 91.7 cm³/mol. The van der Waals surface area contributed by atoms with Gasteiger partial charge in [-0.15, -0.1) is 5.10 Å². The number of aromatic nitrogens is 2. The average molecular weight is 341 g/mol. The predicted octanol–water partition coefficient (Wildman–Crippen LogP) is 3.41. The zero-order valence-corrected chi connectivity index (χ0v) is 15.1. The van der Waals surface area contributed by atoms with Crippen LogP contribution in [0.5, 0.6) is 0 Å². The van der Waals surface area contributed by atoms with E-state index in [9.17, 15) is 4.79 Å². The lowest BCUT2D eigenvalue weighted by Gasteiger charge is -2.25. The summed E-state index contributed by atoms with van der Waals surface area (Å²) >= 11 is 6.95. The van der Waals surface area contributed by atoms with Gasteiger partial charge in [0.15, 0.2) is 3.95 Å². The van der Waals surface area contributed by atoms with Gasteiger partial charge in [-0.3, -0.25) is 14.6 Å². The van der Waals surface area contributed by atoms with Crippen LogP contribution in [-0.4, -0.2) is 38.7 Å². The average Bonchev–Trinajstić information content (AvgIpc) is 3.36. The SMILES string of the molecule is CCC(=O)N(c1nn(CN(C(C)C)C2CC2)c(=S)s1)C1CC1. The van der Waals surface area contributed by atoms with Crippen molar-refractivity contribution in [3.63, 3.8) is 0 Å². The number of rotatable bonds is 7. The second kappa shape index (κ2) is 6.37. The summed E-state index contributed by atoms with van der Waals surface area (Å²) in [5, 5.41) is 5.44. The fraction of sp³-hybridized carbons (Fsp3) is 0.800. The van der Waals surface area contributed by atoms with Crippen molar-refractivity contribution < 1.29 is 4.79 Å². The van der Waals surface area contributed by atoms with Gasteiger partial charge in [0.25, 0.3) is 0 Å². The highest BCUT2D eigenvalue weighted by atomic mass is 32.1. The molecule has 5 nitrogen and oxygen atoms in total. The first kappa shape index (κ1) is 16.1. The second-order valence-corrected chi connectivity index (χ2v) is 8.08. The van der Waals surface area contributed by atoms with E-state index in [-0.39, 0.29) is 5.91 Å². The van der Waals surface area contributed by atoms with E-state index in [0.29, 0.717) is 24.5 Å². The summed E-state index contributed by atoms with van der Waals surface area (Å²) < 4.78 is 2.65. The fourth-order valence-corrected chi connectivity index (χ4v) is 3.88. The van der Waals surface area contributed by atoms with E-state index < -0.39 is 0 Å². The second-order valence-electron chi connectivity index (χ2n) is 6.48. The van der Waals surface area contributed by atoms with Crippen LogP contribution in [0.1, 0.15) is 52.9 Å². The van der Waals surface area contributed by atoms with E-state index in [4.69, 9.17) is 12.2 Å². The minimum absolute atomic E-state index is 0.154. The van der Waals surface area contributed by atoms with E-state index in [1.165, 1.54) is 24.2 Å². The van der Waals surface area contributed by atoms with Crippen LogP contribution in [-0.2, 0) is 11.5 Å². The Balaban J connectivity index is 1.80. The van der Waals surface area contributed by atoms with Gasteiger partial charge < -0.3 is 0 Å². The van der Waals surface area contributed by atoms with E-state index in [2.05, 4.69) is 23.8 Å². The molecule has 0 spiro atoms. The normalized spacial score (nSPS) is 18.2. The molecule has 3 rings (SSSR count). The molecule has 22 heavy (non-hydrogen) atoms. The number of nitrogens with zero attached hydrogens (tertiary/aromatic N) is 4. The number of amides is 1. The number of anilines is 1. The number of carbonyl (C=O) groups is 1. The summed E-state index contributed by atoms with van der Waals surface area (Å²) in [6.45, 7) is 7.07. The molecule has 0 aromatic carbocycles. The van der Waals surface area contributed by atoms with Crippen molar-refractivity contribution in [3.05, 3.63) is 3.95 Å². The molecular formula is C15H24N4OS2. The molecule has 1 amide bonds. The van der Waals surface area contributed by atoms with E-state index in [1.807, 2.05) is 16.5 Å². The molecule has 2 aliphatic carbocycles. The maximum absolute atomic E-state index is 12.2. The fourth-order valence-electron chi connectivity index (χ4n) is 2.71. The summed E-state index contributed by atoms with van der Waals surface area (Å²) in [5.41, 5.74) is 0. The molecule has 1 aromatic rings. The van der Waals surface area contributed by atoms with Gasteiger partial charge in [-0.25, -0.2) is 4.68 Å². The summed E-state index contributed by atoms with van der Waals surface area (Å²) in [5.74, 6) is 0.154. The summed E-state index contributed by atoms with van der Waals surface area (Å²) in [7, 11) is 0. The molecule has 1 aromatic heterocycles. The Bertz CT molecular complexity index is 599. The third-order valence-electron chi connectivity index (χ3n) is 4.26. The van der Waals surface area contributed by atoms with Gasteiger partial charge >= 0.3 is 0 Å². The summed E-state index contributed by atoms with van der Waals surface area (Å²) in [6, 6.07) is 1.49. The van der Waals surface area contributed by atoms with E-state index >= 15 is 0 Å². The van der Waals surface area contributed by atoms with Crippen LogP contribution >= 0.6 is 23.6 Å². The maximum atomic E-state index is 12.2. The molecule has 0 unspecified atom stereocenters. The minimum Gasteiger partial charge on any atom is -0.284 e. The Morgan fingerprint density at radius 1 is 1.36 bits per heavy atom. The van der Waals surface area contributed by atoms with Crippen molar-refractivity contribution in [2.75, 3.05) is 4.90 Å². The summed E-state index contributed by atoms with van der Waals surface area (Å²) in [4.78, 5) is 16.5. The number of hydrogen-bond donors (Lipinski definition) is 0. The molecule has 0 aliphatic heterocycles. The molecule has 2 aliphatic rings. The Hall–Kier alpha value is -0.790. The first-order chi connectivity index (χ1) is 10.5. The maximum Gasteiger partial charge on any atom is 0.228 e. The highest BCUT2D eigenvalue weighted by Gasteiger charge is 2.36. The first-order valence-electron chi connectivity index (χ1n) is 8.17. The van der Waals surface area contributed by atoms with Crippen molar-refractivity contribution in [2.24, 2.45) is 0 Å². The van der Waals surface area contributed by atoms with Crippen molar-refractivity contribution in [1.82, 2.24) is 14.7 Å². The van der Waals surface area contributed by atoms with Crippen molar-refractivity contribution in [1.29, 1.82) is 0 Å². The van der Waals surface area contributed by atoms with Crippen LogP contribution in [0.2, 0.25) is 0 Å². The highest BCUT2D eigenvalue weighted by Crippen LogP contribution is 2.34. The van der Waals surface area contributed by atoms with Crippen molar-refractivity contribution in [3.8, 4) is 0 Å². The Kier molecular flexibility index (Phi) is 4.66. The molecule has 0 radical (unpaired) electrons. The van der Waals surface area contributed by atoms with Gasteiger partial charge in [0.05, 0.1) is 6.67 Å². The largest absolute Gasteiger partial charge is 0.284 e. The van der Waals surface area contributed by atoms with Gasteiger partial charge in [0, 0.05) is 24.5 Å². The molecule has 0 bridgehead atoms. The Morgan fingerprint density at radius 3 is 2.50 bits per heavy atom. The van der Waals surface area contributed by atoms with Gasteiger partial charge in [-0.05, 0) is 51.7 Å². The van der Waals surface area contributed by atoms with E-state index in [0.717, 1.165) is 28.6 Å². The van der Waals surface area contributed by atoms with Gasteiger partial charge in [-0.1, -0.05) is 18.3 Å². The minimum atomic E-state index is 0.154. The molecule has 2 fully saturated rings. The molecule has 0 N–H and O–H groups in total. The topological polar surface area (TPSA) is 41.4 Å². The van der Waals surface area contributed by atoms with Crippen LogP contribution in [0, 0.1) is 3.95 Å². The standard InChI is InChI=1S/C15H24N4OS2/c1-4-13(20)19(12-7-8-12)14-16-18(15(21)22-14)9-17(10(2)3)11-5-6-11/h10-12H,4-9H2,1-3H3. The van der Waals surface area contributed by atoms with Crippen LogP contribution < -0.4 is 4.90 Å². The molecular weight excluding hydrogens is 316 g/mol. The van der Waals surface area contributed by atoms with Gasteiger partial charge in [0.1, 0.15) is 0 Å². The molecule has 122 valence electrons. The third-order valence-corrected chi connectivity index (χ3v) is 5.57. The molecule has 2 saturated carbocycles. The van der Waals surface area contributed by atoms with Crippen LogP contribution in [0.4, 0.5) is 5.13 Å². The Morgan fingerprint density at radius 2 is 2.00 bits per heavy atom.